The molecule has 0 spiro atoms. The highest BCUT2D eigenvalue weighted by molar-refractivity contribution is 7.85. The molecule has 5 nitrogen and oxygen atoms in total. The zero-order valence-electron chi connectivity index (χ0n) is 12.5. The van der Waals surface area contributed by atoms with Crippen LogP contribution in [0, 0.1) is 0 Å². The van der Waals surface area contributed by atoms with Crippen LogP contribution in [0.15, 0.2) is 29.2 Å². The van der Waals surface area contributed by atoms with Gasteiger partial charge in [0.1, 0.15) is 0 Å². The van der Waals surface area contributed by atoms with Crippen molar-refractivity contribution in [2.75, 3.05) is 18.1 Å². The molecule has 1 amide bonds. The Bertz CT molecular complexity index is 666. The number of amides is 1. The van der Waals surface area contributed by atoms with Crippen molar-refractivity contribution in [1.29, 1.82) is 0 Å². The first-order valence-electron chi connectivity index (χ1n) is 7.27. The molecule has 3 heterocycles. The number of carbonyl (C=O) groups is 1. The molecule has 0 aliphatic carbocycles. The number of hydrogen-bond donors (Lipinski definition) is 0. The number of thiophene rings is 1. The molecule has 3 rings (SSSR count). The highest BCUT2D eigenvalue weighted by atomic mass is 32.2. The minimum atomic E-state index is -0.861. The van der Waals surface area contributed by atoms with Crippen molar-refractivity contribution in [2.45, 2.75) is 18.9 Å². The summed E-state index contributed by atoms with van der Waals surface area (Å²) in [6.07, 6.45) is 4.94. The molecule has 0 aromatic carbocycles. The molecule has 118 valence electrons. The summed E-state index contributed by atoms with van der Waals surface area (Å²) >= 11 is 1.65. The van der Waals surface area contributed by atoms with E-state index in [1.165, 1.54) is 5.56 Å². The predicted molar refractivity (Wildman–Crippen MR) is 88.2 cm³/mol. The molecule has 0 unspecified atom stereocenters. The Hall–Kier alpha value is -1.47. The molecule has 1 aliphatic rings. The van der Waals surface area contributed by atoms with Gasteiger partial charge in [0, 0.05) is 54.1 Å². The van der Waals surface area contributed by atoms with Crippen LogP contribution >= 0.6 is 11.3 Å². The second-order valence-corrected chi connectivity index (χ2v) is 7.89. The minimum absolute atomic E-state index is 0.113. The third-order valence-corrected chi connectivity index (χ3v) is 5.97. The van der Waals surface area contributed by atoms with E-state index in [4.69, 9.17) is 0 Å². The third-order valence-electron chi connectivity index (χ3n) is 3.92. The number of rotatable bonds is 4. The monoisotopic (exact) mass is 337 g/mol. The van der Waals surface area contributed by atoms with E-state index >= 15 is 0 Å². The smallest absolute Gasteiger partial charge is 0.223 e. The summed E-state index contributed by atoms with van der Waals surface area (Å²) in [7, 11) is 0.992. The zero-order chi connectivity index (χ0) is 15.5. The maximum Gasteiger partial charge on any atom is 0.223 e. The van der Waals surface area contributed by atoms with Gasteiger partial charge in [-0.2, -0.15) is 16.4 Å². The fourth-order valence-corrected chi connectivity index (χ4v) is 4.72. The van der Waals surface area contributed by atoms with Gasteiger partial charge in [-0.1, -0.05) is 0 Å². The van der Waals surface area contributed by atoms with E-state index in [-0.39, 0.29) is 11.9 Å². The lowest BCUT2D eigenvalue weighted by Crippen LogP contribution is -2.44. The molecule has 0 radical (unpaired) electrons. The van der Waals surface area contributed by atoms with Crippen LogP contribution in [0.4, 0.5) is 0 Å². The SMILES string of the molecule is Cn1cc([C@H]2C[S@@](=O)CCN2C(=O)CCc2ccsc2)cn1. The molecule has 2 aromatic heterocycles. The molecule has 2 atom stereocenters. The van der Waals surface area contributed by atoms with Gasteiger partial charge in [-0.15, -0.1) is 0 Å². The van der Waals surface area contributed by atoms with Crippen LogP contribution in [0.2, 0.25) is 0 Å². The molecule has 0 saturated carbocycles. The van der Waals surface area contributed by atoms with Crippen LogP contribution in [-0.2, 0) is 29.1 Å². The number of hydrogen-bond acceptors (Lipinski definition) is 4. The van der Waals surface area contributed by atoms with Crippen molar-refractivity contribution in [3.05, 3.63) is 40.3 Å². The highest BCUT2D eigenvalue weighted by Gasteiger charge is 2.31. The number of aryl methyl sites for hydroxylation is 2. The van der Waals surface area contributed by atoms with Gasteiger partial charge in [0.05, 0.1) is 12.2 Å². The zero-order valence-corrected chi connectivity index (χ0v) is 14.1. The van der Waals surface area contributed by atoms with Crippen LogP contribution in [0.1, 0.15) is 23.6 Å². The van der Waals surface area contributed by atoms with E-state index in [0.29, 0.717) is 24.5 Å². The van der Waals surface area contributed by atoms with Gasteiger partial charge >= 0.3 is 0 Å². The van der Waals surface area contributed by atoms with E-state index < -0.39 is 10.8 Å². The second kappa shape index (κ2) is 6.75. The molecule has 1 fully saturated rings. The molecule has 0 bridgehead atoms. The van der Waals surface area contributed by atoms with E-state index in [9.17, 15) is 9.00 Å². The Morgan fingerprint density at radius 2 is 2.41 bits per heavy atom. The van der Waals surface area contributed by atoms with E-state index in [1.54, 1.807) is 22.2 Å². The summed E-state index contributed by atoms with van der Waals surface area (Å²) in [5, 5.41) is 8.29. The van der Waals surface area contributed by atoms with Gasteiger partial charge in [0.15, 0.2) is 0 Å². The topological polar surface area (TPSA) is 55.2 Å². The average molecular weight is 337 g/mol. The van der Waals surface area contributed by atoms with Gasteiger partial charge < -0.3 is 4.90 Å². The molecular weight excluding hydrogens is 318 g/mol. The third kappa shape index (κ3) is 3.47. The number of carbonyl (C=O) groups excluding carboxylic acids is 1. The Balaban J connectivity index is 1.71. The Morgan fingerprint density at radius 3 is 3.09 bits per heavy atom. The Kier molecular flexibility index (Phi) is 4.73. The maximum absolute atomic E-state index is 12.6. The van der Waals surface area contributed by atoms with Gasteiger partial charge in [0.2, 0.25) is 5.91 Å². The van der Waals surface area contributed by atoms with Gasteiger partial charge in [-0.25, -0.2) is 0 Å². The summed E-state index contributed by atoms with van der Waals surface area (Å²) in [6, 6.07) is 1.94. The lowest BCUT2D eigenvalue weighted by atomic mass is 10.1. The standard InChI is InChI=1S/C15H19N3O2S2/c1-17-9-13(8-16-17)14-11-22(20)7-5-18(14)15(19)3-2-12-4-6-21-10-12/h4,6,8-10,14H,2-3,5,7,11H2,1H3/t14-,22+/m1/s1. The fraction of sp³-hybridized carbons (Fsp3) is 0.467. The van der Waals surface area contributed by atoms with Crippen LogP contribution < -0.4 is 0 Å². The lowest BCUT2D eigenvalue weighted by Gasteiger charge is -2.35. The van der Waals surface area contributed by atoms with Crippen LogP contribution in [0.25, 0.3) is 0 Å². The Morgan fingerprint density at radius 1 is 1.55 bits per heavy atom. The first kappa shape index (κ1) is 15.4. The van der Waals surface area contributed by atoms with Crippen LogP contribution in [-0.4, -0.2) is 42.8 Å². The fourth-order valence-electron chi connectivity index (χ4n) is 2.72. The van der Waals surface area contributed by atoms with Crippen LogP contribution in [0.3, 0.4) is 0 Å². The van der Waals surface area contributed by atoms with Gasteiger partial charge in [-0.05, 0) is 28.8 Å². The largest absolute Gasteiger partial charge is 0.334 e. The maximum atomic E-state index is 12.6. The van der Waals surface area contributed by atoms with Crippen LogP contribution in [0.5, 0.6) is 0 Å². The number of nitrogens with zero attached hydrogens (tertiary/aromatic N) is 3. The summed E-state index contributed by atoms with van der Waals surface area (Å²) in [6.45, 7) is 0.564. The molecule has 1 aliphatic heterocycles. The van der Waals surface area contributed by atoms with Crippen molar-refractivity contribution in [2.24, 2.45) is 7.05 Å². The summed E-state index contributed by atoms with van der Waals surface area (Å²) in [4.78, 5) is 14.5. The molecular formula is C15H19N3O2S2. The normalized spacial score (nSPS) is 22.0. The molecule has 7 heteroatoms. The first-order valence-corrected chi connectivity index (χ1v) is 9.70. The first-order chi connectivity index (χ1) is 10.6. The van der Waals surface area contributed by atoms with Gasteiger partial charge in [-0.3, -0.25) is 13.7 Å². The van der Waals surface area contributed by atoms with Crippen molar-refractivity contribution in [1.82, 2.24) is 14.7 Å². The lowest BCUT2D eigenvalue weighted by molar-refractivity contribution is -0.133. The summed E-state index contributed by atoms with van der Waals surface area (Å²) in [5.74, 6) is 1.22. The number of aromatic nitrogens is 2. The molecule has 2 aromatic rings. The van der Waals surface area contributed by atoms with E-state index in [1.807, 2.05) is 23.5 Å². The molecule has 1 saturated heterocycles. The predicted octanol–water partition coefficient (Wildman–Crippen LogP) is 1.75. The van der Waals surface area contributed by atoms with Crippen molar-refractivity contribution < 1.29 is 9.00 Å². The van der Waals surface area contributed by atoms with E-state index in [0.717, 1.165) is 12.0 Å². The summed E-state index contributed by atoms with van der Waals surface area (Å²) in [5.41, 5.74) is 2.18. The quantitative estimate of drug-likeness (QED) is 0.854. The van der Waals surface area contributed by atoms with E-state index in [2.05, 4.69) is 16.5 Å². The van der Waals surface area contributed by atoms with Crippen molar-refractivity contribution in [3.8, 4) is 0 Å². The second-order valence-electron chi connectivity index (χ2n) is 5.49. The molecule has 22 heavy (non-hydrogen) atoms. The Labute approximate surface area is 136 Å². The van der Waals surface area contributed by atoms with Crippen molar-refractivity contribution in [3.63, 3.8) is 0 Å². The van der Waals surface area contributed by atoms with Crippen molar-refractivity contribution >= 4 is 28.0 Å². The van der Waals surface area contributed by atoms with Gasteiger partial charge in [0.25, 0.3) is 0 Å². The minimum Gasteiger partial charge on any atom is -0.334 e. The highest BCUT2D eigenvalue weighted by Crippen LogP contribution is 2.26. The molecule has 0 N–H and O–H groups in total. The average Bonchev–Trinajstić information content (AvgIpc) is 3.16. The summed E-state index contributed by atoms with van der Waals surface area (Å²) < 4.78 is 13.6.